The molecule has 0 spiro atoms. The Kier molecular flexibility index (Phi) is 5.15. The summed E-state index contributed by atoms with van der Waals surface area (Å²) >= 11 is 5.64. The minimum Gasteiger partial charge on any atom is -1.00 e. The lowest BCUT2D eigenvalue weighted by Gasteiger charge is -2.01. The van der Waals surface area contributed by atoms with Crippen LogP contribution in [0, 0.1) is 5.39 Å². The second-order valence-electron chi connectivity index (χ2n) is 2.53. The van der Waals surface area contributed by atoms with Crippen LogP contribution in [-0.4, -0.2) is 20.1 Å². The van der Waals surface area contributed by atoms with E-state index >= 15 is 0 Å². The fourth-order valence-corrected chi connectivity index (χ4v) is 1.90. The number of diazo groups is 1. The van der Waals surface area contributed by atoms with Crippen molar-refractivity contribution < 1.29 is 34.7 Å². The van der Waals surface area contributed by atoms with Crippen LogP contribution in [0.25, 0.3) is 4.98 Å². The molecule has 0 radical (unpaired) electrons. The van der Waals surface area contributed by atoms with E-state index in [0.29, 0.717) is 0 Å². The molecule has 0 aromatic heterocycles. The van der Waals surface area contributed by atoms with Gasteiger partial charge in [-0.25, -0.2) is 0 Å². The van der Waals surface area contributed by atoms with Crippen LogP contribution >= 0.6 is 11.6 Å². The van der Waals surface area contributed by atoms with E-state index in [2.05, 4.69) is 4.98 Å². The Labute approximate surface area is 107 Å². The van der Waals surface area contributed by atoms with Gasteiger partial charge in [0.15, 0.2) is 9.87 Å². The summed E-state index contributed by atoms with van der Waals surface area (Å²) in [5, 5.41) is 8.53. The zero-order valence-corrected chi connectivity index (χ0v) is 11.0. The molecule has 1 N–H and O–H groups in total. The van der Waals surface area contributed by atoms with Crippen LogP contribution < -0.4 is 21.7 Å². The first-order valence-electron chi connectivity index (χ1n) is 3.60. The van der Waals surface area contributed by atoms with Crippen molar-refractivity contribution in [2.75, 3.05) is 7.11 Å². The molecule has 0 aliphatic heterocycles. The van der Waals surface area contributed by atoms with Gasteiger partial charge in [0.05, 0.1) is 18.2 Å². The molecule has 16 heavy (non-hydrogen) atoms. The van der Waals surface area contributed by atoms with Crippen LogP contribution in [0.5, 0.6) is 5.75 Å². The molecule has 6 nitrogen and oxygen atoms in total. The van der Waals surface area contributed by atoms with Crippen molar-refractivity contribution >= 4 is 27.4 Å². The Hall–Kier alpha value is -0.880. The average molecular weight is 330 g/mol. The van der Waals surface area contributed by atoms with Gasteiger partial charge >= 0.3 is 15.8 Å². The van der Waals surface area contributed by atoms with E-state index in [1.807, 2.05) is 0 Å². The van der Waals surface area contributed by atoms with Gasteiger partial charge in [-0.15, -0.1) is 0 Å². The van der Waals surface area contributed by atoms with Crippen LogP contribution in [0.4, 0.5) is 5.69 Å². The normalized spacial score (nSPS) is 10.1. The molecule has 1 rings (SSSR count). The first-order chi connectivity index (χ1) is 6.90. The fourth-order valence-electron chi connectivity index (χ4n) is 0.966. The lowest BCUT2D eigenvalue weighted by atomic mass is 10.3. The summed E-state index contributed by atoms with van der Waals surface area (Å²) in [4.78, 5) is 2.12. The summed E-state index contributed by atoms with van der Waals surface area (Å²) in [5.41, 5.74) is -0.348. The zero-order chi connectivity index (χ0) is 11.6. The van der Waals surface area contributed by atoms with Gasteiger partial charge in [-0.2, -0.15) is 8.42 Å². The minimum atomic E-state index is -4.49. The van der Waals surface area contributed by atoms with Crippen molar-refractivity contribution in [2.24, 2.45) is 0 Å². The van der Waals surface area contributed by atoms with Crippen molar-refractivity contribution in [1.82, 2.24) is 0 Å². The SMILES string of the molecule is COc1cc([N+]#N)c(S(=O)(=O)O)cc1Cl.[Br-]. The molecule has 0 unspecified atom stereocenters. The summed E-state index contributed by atoms with van der Waals surface area (Å²) in [6.07, 6.45) is 0. The van der Waals surface area contributed by atoms with Crippen LogP contribution in [0.15, 0.2) is 17.0 Å². The largest absolute Gasteiger partial charge is 1.00 e. The van der Waals surface area contributed by atoms with Crippen LogP contribution in [0.2, 0.25) is 5.02 Å². The third kappa shape index (κ3) is 3.05. The molecule has 0 fully saturated rings. The zero-order valence-electron chi connectivity index (χ0n) is 7.89. The number of hydrogen-bond acceptors (Lipinski definition) is 4. The number of halogens is 2. The van der Waals surface area contributed by atoms with Crippen molar-refractivity contribution in [3.63, 3.8) is 0 Å². The van der Waals surface area contributed by atoms with Gasteiger partial charge < -0.3 is 21.7 Å². The molecule has 88 valence electrons. The first kappa shape index (κ1) is 15.1. The van der Waals surface area contributed by atoms with Crippen molar-refractivity contribution in [3.8, 4) is 5.75 Å². The second kappa shape index (κ2) is 5.45. The standard InChI is InChI=1S/C7H5ClN2O4S.BrH/c1-14-6-3-5(10-9)7(2-4(6)8)15(11,12)13;/h2-3H,1H3;1H. The monoisotopic (exact) mass is 328 g/mol. The molecule has 0 saturated carbocycles. The maximum Gasteiger partial charge on any atom is 0.409 e. The van der Waals surface area contributed by atoms with Crippen molar-refractivity contribution in [1.29, 1.82) is 5.39 Å². The smallest absolute Gasteiger partial charge is 0.409 e. The van der Waals surface area contributed by atoms with Crippen LogP contribution in [-0.2, 0) is 10.1 Å². The van der Waals surface area contributed by atoms with E-state index in [9.17, 15) is 8.42 Å². The van der Waals surface area contributed by atoms with Gasteiger partial charge in [0.25, 0.3) is 0 Å². The maximum atomic E-state index is 10.8. The Balaban J connectivity index is 0.00000225. The Morgan fingerprint density at radius 2 is 2.06 bits per heavy atom. The lowest BCUT2D eigenvalue weighted by molar-refractivity contribution is -0.00000770. The fraction of sp³-hybridized carbons (Fsp3) is 0.143. The summed E-state index contributed by atoms with van der Waals surface area (Å²) in [7, 11) is -3.17. The summed E-state index contributed by atoms with van der Waals surface area (Å²) < 4.78 is 35.3. The topological polar surface area (TPSA) is 91.8 Å². The number of ether oxygens (including phenoxy) is 1. The van der Waals surface area contributed by atoms with E-state index in [1.165, 1.54) is 7.11 Å². The number of nitrogens with zero attached hydrogens (tertiary/aromatic N) is 2. The minimum absolute atomic E-state index is 0. The summed E-state index contributed by atoms with van der Waals surface area (Å²) in [6.45, 7) is 0. The molecule has 1 aromatic rings. The summed E-state index contributed by atoms with van der Waals surface area (Å²) in [5.74, 6) is 0.136. The number of rotatable bonds is 2. The quantitative estimate of drug-likeness (QED) is 0.560. The molecule has 1 aromatic carbocycles. The van der Waals surface area contributed by atoms with Crippen LogP contribution in [0.1, 0.15) is 0 Å². The van der Waals surface area contributed by atoms with Gasteiger partial charge in [-0.3, -0.25) is 4.55 Å². The molecule has 0 bridgehead atoms. The Morgan fingerprint density at radius 3 is 2.44 bits per heavy atom. The van der Waals surface area contributed by atoms with Crippen molar-refractivity contribution in [3.05, 3.63) is 22.1 Å². The van der Waals surface area contributed by atoms with Gasteiger partial charge in [0.1, 0.15) is 5.75 Å². The van der Waals surface area contributed by atoms with Gasteiger partial charge in [0.2, 0.25) is 5.39 Å². The highest BCUT2D eigenvalue weighted by Crippen LogP contribution is 2.35. The molecular formula is C7H6BrClN2O4S. The lowest BCUT2D eigenvalue weighted by Crippen LogP contribution is -3.00. The number of benzene rings is 1. The predicted octanol–water partition coefficient (Wildman–Crippen LogP) is -0.916. The number of hydrogen-bond donors (Lipinski definition) is 1. The van der Waals surface area contributed by atoms with Crippen LogP contribution in [0.3, 0.4) is 0 Å². The van der Waals surface area contributed by atoms with E-state index < -0.39 is 15.0 Å². The molecule has 0 saturated heterocycles. The highest BCUT2D eigenvalue weighted by Gasteiger charge is 2.27. The molecule has 9 heteroatoms. The van der Waals surface area contributed by atoms with Gasteiger partial charge in [-0.1, -0.05) is 11.6 Å². The maximum absolute atomic E-state index is 10.8. The molecule has 0 amide bonds. The second-order valence-corrected chi connectivity index (χ2v) is 4.33. The third-order valence-corrected chi connectivity index (χ3v) is 2.80. The van der Waals surface area contributed by atoms with Crippen molar-refractivity contribution in [2.45, 2.75) is 4.90 Å². The third-order valence-electron chi connectivity index (χ3n) is 1.62. The van der Waals surface area contributed by atoms with E-state index in [4.69, 9.17) is 26.3 Å². The molecule has 0 aliphatic rings. The Morgan fingerprint density at radius 1 is 1.50 bits per heavy atom. The predicted molar refractivity (Wildman–Crippen MR) is 52.6 cm³/mol. The van der Waals surface area contributed by atoms with E-state index in [1.54, 1.807) is 0 Å². The molecular weight excluding hydrogens is 324 g/mol. The van der Waals surface area contributed by atoms with Gasteiger partial charge in [0, 0.05) is 0 Å². The summed E-state index contributed by atoms with van der Waals surface area (Å²) in [6, 6.07) is 2.02. The molecule has 0 atom stereocenters. The molecule has 0 aliphatic carbocycles. The highest BCUT2D eigenvalue weighted by atomic mass is 79.9. The number of methoxy groups -OCH3 is 1. The average Bonchev–Trinajstić information content (AvgIpc) is 2.16. The van der Waals surface area contributed by atoms with E-state index in [0.717, 1.165) is 12.1 Å². The van der Waals surface area contributed by atoms with Gasteiger partial charge in [-0.05, 0) is 6.07 Å². The highest BCUT2D eigenvalue weighted by molar-refractivity contribution is 7.86. The Bertz CT molecular complexity index is 540. The first-order valence-corrected chi connectivity index (χ1v) is 5.42. The van der Waals surface area contributed by atoms with E-state index in [-0.39, 0.29) is 33.4 Å². The molecule has 0 heterocycles.